The summed E-state index contributed by atoms with van der Waals surface area (Å²) in [5.74, 6) is 0. The summed E-state index contributed by atoms with van der Waals surface area (Å²) in [6.07, 6.45) is 1.21. The van der Waals surface area contributed by atoms with Gasteiger partial charge in [-0.2, -0.15) is 0 Å². The molecule has 0 atom stereocenters. The molecule has 0 aliphatic rings. The number of rotatable bonds is 9. The summed E-state index contributed by atoms with van der Waals surface area (Å²) in [6, 6.07) is 48.0. The highest BCUT2D eigenvalue weighted by Crippen LogP contribution is 2.40. The monoisotopic (exact) mass is 463 g/mol. The summed E-state index contributed by atoms with van der Waals surface area (Å²) >= 11 is 0. The summed E-state index contributed by atoms with van der Waals surface area (Å²) in [5, 5.41) is 6.36. The maximum absolute atomic E-state index is 2.55. The maximum atomic E-state index is 2.55. The largest absolute Gasteiger partial charge is 0.126 e. The van der Waals surface area contributed by atoms with Gasteiger partial charge in [-0.05, 0) is 17.1 Å². The molecule has 0 bridgehead atoms. The third-order valence-corrected chi connectivity index (χ3v) is 16.3. The number of benzene rings is 4. The van der Waals surface area contributed by atoms with Gasteiger partial charge in [0, 0.05) is 0 Å². The van der Waals surface area contributed by atoms with Crippen molar-refractivity contribution in [2.24, 2.45) is 0 Å². The average Bonchev–Trinajstić information content (AvgIpc) is 2.86. The van der Waals surface area contributed by atoms with E-state index in [1.165, 1.54) is 28.9 Å². The Hall–Kier alpha value is -2.69. The first kappa shape index (κ1) is 23.5. The van der Waals surface area contributed by atoms with Crippen LogP contribution in [-0.4, -0.2) is 16.9 Å². The normalized spacial score (nSPS) is 12.1. The lowest BCUT2D eigenvalue weighted by molar-refractivity contribution is 0.733. The van der Waals surface area contributed by atoms with E-state index in [2.05, 4.69) is 142 Å². The molecule has 1 radical (unpaired) electrons. The Kier molecular flexibility index (Phi) is 7.47. The molecule has 2 heteroatoms. The number of hydrogen-bond acceptors (Lipinski definition) is 0. The van der Waals surface area contributed by atoms with Gasteiger partial charge in [-0.15, -0.1) is 0 Å². The predicted molar refractivity (Wildman–Crippen MR) is 150 cm³/mol. The summed E-state index contributed by atoms with van der Waals surface area (Å²) < 4.78 is 0. The molecule has 4 rings (SSSR count). The standard InChI is InChI=1S/C31H35Si2/c1-4-25-33(29-21-13-7-14-22-29,30-23-15-8-16-24-30)26-31(2,3)32(27-17-9-5-10-18-27)28-19-11-6-12-20-28/h5-24H,4,25-26H2,1-3H3. The van der Waals surface area contributed by atoms with Crippen molar-refractivity contribution in [2.75, 3.05) is 0 Å². The molecule has 4 aromatic carbocycles. The Labute approximate surface area is 203 Å². The second-order valence-electron chi connectivity index (χ2n) is 9.73. The predicted octanol–water partition coefficient (Wildman–Crippen LogP) is 5.75. The Bertz CT molecular complexity index is 1030. The van der Waals surface area contributed by atoms with Gasteiger partial charge >= 0.3 is 0 Å². The van der Waals surface area contributed by atoms with Gasteiger partial charge in [-0.25, -0.2) is 0 Å². The van der Waals surface area contributed by atoms with Crippen LogP contribution in [-0.2, 0) is 0 Å². The summed E-state index contributed by atoms with van der Waals surface area (Å²) in [6.45, 7) is 7.45. The highest BCUT2D eigenvalue weighted by atomic mass is 28.3. The van der Waals surface area contributed by atoms with Gasteiger partial charge in [0.15, 0.2) is 0 Å². The second-order valence-corrected chi connectivity index (χ2v) is 17.2. The van der Waals surface area contributed by atoms with E-state index in [9.17, 15) is 0 Å². The van der Waals surface area contributed by atoms with Crippen LogP contribution in [0.1, 0.15) is 27.2 Å². The van der Waals surface area contributed by atoms with Crippen LogP contribution in [0.5, 0.6) is 0 Å². The van der Waals surface area contributed by atoms with Crippen molar-refractivity contribution in [3.63, 3.8) is 0 Å². The van der Waals surface area contributed by atoms with Crippen molar-refractivity contribution in [1.82, 2.24) is 0 Å². The van der Waals surface area contributed by atoms with Crippen LogP contribution < -0.4 is 20.7 Å². The second kappa shape index (κ2) is 10.5. The van der Waals surface area contributed by atoms with Gasteiger partial charge in [0.25, 0.3) is 0 Å². The van der Waals surface area contributed by atoms with Crippen molar-refractivity contribution in [1.29, 1.82) is 0 Å². The number of hydrogen-bond donors (Lipinski definition) is 0. The Morgan fingerprint density at radius 1 is 0.576 bits per heavy atom. The molecule has 0 aliphatic carbocycles. The molecule has 0 spiro atoms. The molecule has 0 aromatic heterocycles. The third kappa shape index (κ3) is 5.13. The van der Waals surface area contributed by atoms with Crippen molar-refractivity contribution in [2.45, 2.75) is 44.3 Å². The smallest absolute Gasteiger partial charge is 0.0656 e. The lowest BCUT2D eigenvalue weighted by atomic mass is 10.2. The van der Waals surface area contributed by atoms with E-state index >= 15 is 0 Å². The van der Waals surface area contributed by atoms with Crippen LogP contribution in [0.2, 0.25) is 17.1 Å². The van der Waals surface area contributed by atoms with Crippen molar-refractivity contribution in [3.8, 4) is 0 Å². The van der Waals surface area contributed by atoms with Gasteiger partial charge in [-0.1, -0.05) is 169 Å². The van der Waals surface area contributed by atoms with Crippen molar-refractivity contribution >= 4 is 37.6 Å². The topological polar surface area (TPSA) is 0 Å². The molecule has 0 N–H and O–H groups in total. The van der Waals surface area contributed by atoms with Gasteiger partial charge in [0.2, 0.25) is 0 Å². The Morgan fingerprint density at radius 3 is 1.30 bits per heavy atom. The van der Waals surface area contributed by atoms with Gasteiger partial charge in [-0.3, -0.25) is 0 Å². The molecule has 0 aliphatic heterocycles. The zero-order valence-corrected chi connectivity index (χ0v) is 22.2. The van der Waals surface area contributed by atoms with E-state index < -0.39 is 16.9 Å². The highest BCUT2D eigenvalue weighted by molar-refractivity contribution is 7.03. The van der Waals surface area contributed by atoms with Crippen molar-refractivity contribution in [3.05, 3.63) is 121 Å². The molecule has 0 saturated carbocycles. The molecule has 0 fully saturated rings. The maximum Gasteiger partial charge on any atom is 0.126 e. The molecular weight excluding hydrogens is 429 g/mol. The zero-order chi connectivity index (χ0) is 23.2. The fourth-order valence-corrected chi connectivity index (χ4v) is 15.8. The molecular formula is C31H35Si2. The van der Waals surface area contributed by atoms with Gasteiger partial charge in [0.1, 0.15) is 16.9 Å². The van der Waals surface area contributed by atoms with E-state index in [0.717, 1.165) is 0 Å². The molecule has 0 unspecified atom stereocenters. The molecule has 33 heavy (non-hydrogen) atoms. The minimum absolute atomic E-state index is 0.181. The Balaban J connectivity index is 1.88. The molecule has 0 saturated heterocycles. The molecule has 0 amide bonds. The first-order valence-corrected chi connectivity index (χ1v) is 16.1. The highest BCUT2D eigenvalue weighted by Gasteiger charge is 2.45. The lowest BCUT2D eigenvalue weighted by Crippen LogP contribution is -2.62. The average molecular weight is 464 g/mol. The van der Waals surface area contributed by atoms with Crippen LogP contribution >= 0.6 is 0 Å². The van der Waals surface area contributed by atoms with E-state index in [1.807, 2.05) is 0 Å². The molecule has 0 nitrogen and oxygen atoms in total. The Morgan fingerprint density at radius 2 is 0.939 bits per heavy atom. The van der Waals surface area contributed by atoms with Crippen LogP contribution in [0.4, 0.5) is 0 Å². The fraction of sp³-hybridized carbons (Fsp3) is 0.226. The molecule has 167 valence electrons. The minimum atomic E-state index is -1.99. The summed E-state index contributed by atoms with van der Waals surface area (Å²) in [4.78, 5) is 0. The first-order chi connectivity index (χ1) is 16.1. The summed E-state index contributed by atoms with van der Waals surface area (Å²) in [5.41, 5.74) is 0. The van der Waals surface area contributed by atoms with Gasteiger partial charge in [0.05, 0.1) is 0 Å². The SMILES string of the molecule is CCC[Si](CC(C)(C)[Si](c1ccccc1)c1ccccc1)(c1ccccc1)c1ccccc1. The van der Waals surface area contributed by atoms with Gasteiger partial charge < -0.3 is 0 Å². The fourth-order valence-electron chi connectivity index (χ4n) is 5.69. The van der Waals surface area contributed by atoms with E-state index in [1.54, 1.807) is 10.4 Å². The lowest BCUT2D eigenvalue weighted by Gasteiger charge is -2.43. The van der Waals surface area contributed by atoms with Crippen LogP contribution in [0.3, 0.4) is 0 Å². The van der Waals surface area contributed by atoms with Crippen LogP contribution in [0.15, 0.2) is 121 Å². The van der Waals surface area contributed by atoms with E-state index in [0.29, 0.717) is 0 Å². The van der Waals surface area contributed by atoms with E-state index in [4.69, 9.17) is 0 Å². The van der Waals surface area contributed by atoms with Crippen LogP contribution in [0.25, 0.3) is 0 Å². The van der Waals surface area contributed by atoms with Crippen molar-refractivity contribution < 1.29 is 0 Å². The molecule has 4 aromatic rings. The first-order valence-electron chi connectivity index (χ1n) is 12.2. The quantitative estimate of drug-likeness (QED) is 0.277. The van der Waals surface area contributed by atoms with E-state index in [-0.39, 0.29) is 5.04 Å². The summed E-state index contributed by atoms with van der Waals surface area (Å²) in [7, 11) is -2.99. The zero-order valence-electron chi connectivity index (χ0n) is 20.2. The molecule has 0 heterocycles. The third-order valence-electron chi connectivity index (χ3n) is 6.87. The van der Waals surface area contributed by atoms with Crippen LogP contribution in [0, 0.1) is 0 Å². The minimum Gasteiger partial charge on any atom is -0.0656 e.